The summed E-state index contributed by atoms with van der Waals surface area (Å²) in [4.78, 5) is 11.3. The van der Waals surface area contributed by atoms with E-state index in [0.717, 1.165) is 48.7 Å². The van der Waals surface area contributed by atoms with Crippen molar-refractivity contribution in [3.63, 3.8) is 0 Å². The first-order chi connectivity index (χ1) is 10.7. The van der Waals surface area contributed by atoms with Gasteiger partial charge < -0.3 is 10.0 Å². The van der Waals surface area contributed by atoms with Crippen molar-refractivity contribution >= 4 is 11.5 Å². The van der Waals surface area contributed by atoms with Gasteiger partial charge in [0.2, 0.25) is 0 Å². The normalized spacial score (nSPS) is 16.5. The van der Waals surface area contributed by atoms with Crippen molar-refractivity contribution in [2.75, 3.05) is 18.0 Å². The molecule has 3 aromatic heterocycles. The Kier molecular flexibility index (Phi) is 3.07. The third-order valence-electron chi connectivity index (χ3n) is 4.17. The minimum Gasteiger partial charge on any atom is -0.393 e. The van der Waals surface area contributed by atoms with Crippen LogP contribution in [-0.4, -0.2) is 48.4 Å². The van der Waals surface area contributed by atoms with Crippen LogP contribution in [0, 0.1) is 0 Å². The molecule has 7 nitrogen and oxygen atoms in total. The molecule has 0 aliphatic carbocycles. The van der Waals surface area contributed by atoms with Gasteiger partial charge in [-0.2, -0.15) is 5.10 Å². The van der Waals surface area contributed by atoms with E-state index in [1.165, 1.54) is 0 Å². The van der Waals surface area contributed by atoms with Crippen LogP contribution in [0.3, 0.4) is 0 Å². The molecule has 1 saturated heterocycles. The van der Waals surface area contributed by atoms with E-state index in [1.807, 2.05) is 36.2 Å². The zero-order chi connectivity index (χ0) is 15.1. The van der Waals surface area contributed by atoms with Gasteiger partial charge in [-0.1, -0.05) is 0 Å². The predicted molar refractivity (Wildman–Crippen MR) is 82.6 cm³/mol. The van der Waals surface area contributed by atoms with Crippen molar-refractivity contribution in [2.45, 2.75) is 18.9 Å². The molecule has 1 aliphatic rings. The van der Waals surface area contributed by atoms with Crippen molar-refractivity contribution in [1.82, 2.24) is 24.1 Å². The van der Waals surface area contributed by atoms with Gasteiger partial charge in [0.25, 0.3) is 0 Å². The molecule has 4 heterocycles. The van der Waals surface area contributed by atoms with Gasteiger partial charge in [-0.3, -0.25) is 9.08 Å². The molecular weight excluding hydrogens is 280 g/mol. The minimum absolute atomic E-state index is 0.193. The van der Waals surface area contributed by atoms with E-state index in [2.05, 4.69) is 20.0 Å². The highest BCUT2D eigenvalue weighted by Crippen LogP contribution is 2.26. The van der Waals surface area contributed by atoms with Crippen LogP contribution < -0.4 is 4.90 Å². The largest absolute Gasteiger partial charge is 0.393 e. The molecule has 1 aliphatic heterocycles. The number of aliphatic hydroxyl groups is 1. The lowest BCUT2D eigenvalue weighted by Crippen LogP contribution is -2.36. The molecular formula is C15H18N6O. The van der Waals surface area contributed by atoms with Crippen molar-refractivity contribution in [2.24, 2.45) is 7.05 Å². The van der Waals surface area contributed by atoms with Crippen molar-refractivity contribution < 1.29 is 5.11 Å². The van der Waals surface area contributed by atoms with E-state index >= 15 is 0 Å². The van der Waals surface area contributed by atoms with Gasteiger partial charge in [0, 0.05) is 44.3 Å². The standard InChI is InChI=1S/C15H18N6O/c1-19-10-11(8-18-19)13-9-17-15-14(16-4-7-21(13)15)20-5-2-12(22)3-6-20/h4,7-10,12,22H,2-3,5-6H2,1H3. The highest BCUT2D eigenvalue weighted by molar-refractivity contribution is 5.70. The van der Waals surface area contributed by atoms with Crippen LogP contribution in [-0.2, 0) is 7.05 Å². The maximum atomic E-state index is 9.67. The molecule has 1 N–H and O–H groups in total. The van der Waals surface area contributed by atoms with Crippen LogP contribution in [0.4, 0.5) is 5.82 Å². The number of hydrogen-bond donors (Lipinski definition) is 1. The molecule has 1 fully saturated rings. The van der Waals surface area contributed by atoms with Crippen molar-refractivity contribution in [3.05, 3.63) is 31.0 Å². The quantitative estimate of drug-likeness (QED) is 0.767. The van der Waals surface area contributed by atoms with Gasteiger partial charge in [-0.15, -0.1) is 0 Å². The fourth-order valence-electron chi connectivity index (χ4n) is 2.97. The molecule has 3 aromatic rings. The summed E-state index contributed by atoms with van der Waals surface area (Å²) in [5.74, 6) is 0.879. The first-order valence-electron chi connectivity index (χ1n) is 7.46. The van der Waals surface area contributed by atoms with Crippen LogP contribution in [0.5, 0.6) is 0 Å². The van der Waals surface area contributed by atoms with Gasteiger partial charge in [0.1, 0.15) is 0 Å². The fraction of sp³-hybridized carbons (Fsp3) is 0.400. The summed E-state index contributed by atoms with van der Waals surface area (Å²) in [6, 6.07) is 0. The topological polar surface area (TPSA) is 71.5 Å². The first kappa shape index (κ1) is 13.3. The Morgan fingerprint density at radius 3 is 2.73 bits per heavy atom. The van der Waals surface area contributed by atoms with E-state index < -0.39 is 0 Å². The Bertz CT molecular complexity index is 799. The first-order valence-corrected chi connectivity index (χ1v) is 7.46. The van der Waals surface area contributed by atoms with Crippen LogP contribution in [0.15, 0.2) is 31.0 Å². The van der Waals surface area contributed by atoms with Gasteiger partial charge in [0.15, 0.2) is 11.5 Å². The number of aryl methyl sites for hydroxylation is 1. The minimum atomic E-state index is -0.193. The predicted octanol–water partition coefficient (Wildman–Crippen LogP) is 1.09. The van der Waals surface area contributed by atoms with E-state index in [-0.39, 0.29) is 6.10 Å². The maximum absolute atomic E-state index is 9.67. The fourth-order valence-corrected chi connectivity index (χ4v) is 2.97. The summed E-state index contributed by atoms with van der Waals surface area (Å²) in [6.07, 6.45) is 10.7. The smallest absolute Gasteiger partial charge is 0.180 e. The molecule has 0 radical (unpaired) electrons. The SMILES string of the molecule is Cn1cc(-c2cnc3c(N4CCC(O)CC4)nccn23)cn1. The van der Waals surface area contributed by atoms with Crippen LogP contribution >= 0.6 is 0 Å². The van der Waals surface area contributed by atoms with E-state index in [9.17, 15) is 5.11 Å². The zero-order valence-corrected chi connectivity index (χ0v) is 12.4. The number of fused-ring (bicyclic) bond motifs is 1. The van der Waals surface area contributed by atoms with E-state index in [1.54, 1.807) is 10.9 Å². The zero-order valence-electron chi connectivity index (χ0n) is 12.4. The average Bonchev–Trinajstić information content (AvgIpc) is 3.13. The molecule has 0 bridgehead atoms. The van der Waals surface area contributed by atoms with Gasteiger partial charge in [0.05, 0.1) is 24.2 Å². The average molecular weight is 298 g/mol. The maximum Gasteiger partial charge on any atom is 0.180 e. The third-order valence-corrected chi connectivity index (χ3v) is 4.17. The second-order valence-electron chi connectivity index (χ2n) is 5.71. The number of aromatic nitrogens is 5. The lowest BCUT2D eigenvalue weighted by atomic mass is 10.1. The lowest BCUT2D eigenvalue weighted by molar-refractivity contribution is 0.145. The number of imidazole rings is 1. The molecule has 0 atom stereocenters. The second-order valence-corrected chi connectivity index (χ2v) is 5.71. The Morgan fingerprint density at radius 2 is 2.00 bits per heavy atom. The van der Waals surface area contributed by atoms with Crippen LogP contribution in [0.2, 0.25) is 0 Å². The number of rotatable bonds is 2. The van der Waals surface area contributed by atoms with Gasteiger partial charge in [-0.05, 0) is 12.8 Å². The summed E-state index contributed by atoms with van der Waals surface area (Å²) in [5.41, 5.74) is 2.88. The molecule has 0 saturated carbocycles. The summed E-state index contributed by atoms with van der Waals surface area (Å²) in [5, 5.41) is 13.9. The van der Waals surface area contributed by atoms with Crippen LogP contribution in [0.25, 0.3) is 16.9 Å². The van der Waals surface area contributed by atoms with Crippen molar-refractivity contribution in [3.8, 4) is 11.3 Å². The van der Waals surface area contributed by atoms with E-state index in [0.29, 0.717) is 0 Å². The Labute approximate surface area is 127 Å². The van der Waals surface area contributed by atoms with Crippen LogP contribution in [0.1, 0.15) is 12.8 Å². The summed E-state index contributed by atoms with van der Waals surface area (Å²) in [6.45, 7) is 1.62. The van der Waals surface area contributed by atoms with Gasteiger partial charge >= 0.3 is 0 Å². The highest BCUT2D eigenvalue weighted by Gasteiger charge is 2.21. The number of hydrogen-bond acceptors (Lipinski definition) is 5. The summed E-state index contributed by atoms with van der Waals surface area (Å²) < 4.78 is 3.83. The molecule has 4 rings (SSSR count). The summed E-state index contributed by atoms with van der Waals surface area (Å²) >= 11 is 0. The third kappa shape index (κ3) is 2.14. The monoisotopic (exact) mass is 298 g/mol. The number of nitrogens with zero attached hydrogens (tertiary/aromatic N) is 6. The van der Waals surface area contributed by atoms with E-state index in [4.69, 9.17) is 0 Å². The lowest BCUT2D eigenvalue weighted by Gasteiger charge is -2.30. The molecule has 22 heavy (non-hydrogen) atoms. The number of piperidine rings is 1. The second kappa shape index (κ2) is 5.10. The Hall–Kier alpha value is -2.41. The molecule has 0 amide bonds. The molecule has 0 spiro atoms. The molecule has 114 valence electrons. The molecule has 7 heteroatoms. The molecule has 0 aromatic carbocycles. The highest BCUT2D eigenvalue weighted by atomic mass is 16.3. The van der Waals surface area contributed by atoms with Gasteiger partial charge in [-0.25, -0.2) is 9.97 Å². The molecule has 0 unspecified atom stereocenters. The Morgan fingerprint density at radius 1 is 1.18 bits per heavy atom. The van der Waals surface area contributed by atoms with Crippen molar-refractivity contribution in [1.29, 1.82) is 0 Å². The number of anilines is 1. The summed E-state index contributed by atoms with van der Waals surface area (Å²) in [7, 11) is 1.90. The Balaban J connectivity index is 1.77. The number of aliphatic hydroxyl groups excluding tert-OH is 1.